The molecule has 0 spiro atoms. The van der Waals surface area contributed by atoms with Crippen LogP contribution in [0.15, 0.2) is 47.5 Å². The van der Waals surface area contributed by atoms with Crippen molar-refractivity contribution in [2.24, 2.45) is 4.99 Å². The second-order valence-electron chi connectivity index (χ2n) is 5.38. The summed E-state index contributed by atoms with van der Waals surface area (Å²) in [4.78, 5) is 4.15. The summed E-state index contributed by atoms with van der Waals surface area (Å²) in [6.45, 7) is 1.37. The number of fused-ring (bicyclic) bond motifs is 1. The van der Waals surface area contributed by atoms with E-state index in [0.29, 0.717) is 24.6 Å². The van der Waals surface area contributed by atoms with E-state index in [9.17, 15) is 4.39 Å². The third kappa shape index (κ3) is 3.95. The first kappa shape index (κ1) is 16.1. The number of nitrogens with zero attached hydrogens (tertiary/aromatic N) is 1. The summed E-state index contributed by atoms with van der Waals surface area (Å²) in [5.41, 5.74) is 1.76. The molecule has 126 valence electrons. The average molecular weight is 329 g/mol. The highest BCUT2D eigenvalue weighted by Gasteiger charge is 2.12. The molecule has 0 atom stereocenters. The second-order valence-corrected chi connectivity index (χ2v) is 5.38. The molecule has 2 N–H and O–H groups in total. The average Bonchev–Trinajstić information content (AvgIpc) is 3.07. The van der Waals surface area contributed by atoms with Gasteiger partial charge in [0.1, 0.15) is 5.82 Å². The van der Waals surface area contributed by atoms with E-state index < -0.39 is 0 Å². The maximum atomic E-state index is 13.6. The first-order valence-electron chi connectivity index (χ1n) is 7.82. The van der Waals surface area contributed by atoms with Gasteiger partial charge in [-0.3, -0.25) is 4.99 Å². The minimum absolute atomic E-state index is 0.221. The van der Waals surface area contributed by atoms with Crippen LogP contribution in [0.5, 0.6) is 11.5 Å². The van der Waals surface area contributed by atoms with Crippen LogP contribution >= 0.6 is 0 Å². The Balaban J connectivity index is 1.47. The van der Waals surface area contributed by atoms with E-state index in [2.05, 4.69) is 15.6 Å². The zero-order valence-electron chi connectivity index (χ0n) is 13.5. The molecule has 0 aromatic heterocycles. The normalized spacial score (nSPS) is 13.0. The number of aliphatic imine (C=N–C) groups is 1. The fourth-order valence-electron chi connectivity index (χ4n) is 2.46. The predicted molar refractivity (Wildman–Crippen MR) is 90.9 cm³/mol. The van der Waals surface area contributed by atoms with Crippen molar-refractivity contribution in [1.82, 2.24) is 10.6 Å². The van der Waals surface area contributed by atoms with Crippen LogP contribution in [0.1, 0.15) is 11.1 Å². The lowest BCUT2D eigenvalue weighted by Gasteiger charge is -2.12. The zero-order chi connectivity index (χ0) is 16.8. The number of nitrogens with one attached hydrogen (secondary N) is 2. The van der Waals surface area contributed by atoms with Gasteiger partial charge in [-0.2, -0.15) is 0 Å². The minimum Gasteiger partial charge on any atom is -0.454 e. The van der Waals surface area contributed by atoms with Gasteiger partial charge in [-0.1, -0.05) is 24.3 Å². The molecule has 0 fully saturated rings. The van der Waals surface area contributed by atoms with E-state index in [-0.39, 0.29) is 12.6 Å². The molecule has 0 saturated heterocycles. The van der Waals surface area contributed by atoms with Gasteiger partial charge in [0.05, 0.1) is 0 Å². The summed E-state index contributed by atoms with van der Waals surface area (Å²) in [7, 11) is 1.69. The lowest BCUT2D eigenvalue weighted by Crippen LogP contribution is -2.38. The topological polar surface area (TPSA) is 54.9 Å². The lowest BCUT2D eigenvalue weighted by atomic mass is 10.1. The van der Waals surface area contributed by atoms with Crippen LogP contribution < -0.4 is 20.1 Å². The molecule has 1 aliphatic heterocycles. The molecule has 1 heterocycles. The summed E-state index contributed by atoms with van der Waals surface area (Å²) in [5, 5.41) is 6.33. The molecule has 0 radical (unpaired) electrons. The summed E-state index contributed by atoms with van der Waals surface area (Å²) in [6, 6.07) is 12.6. The van der Waals surface area contributed by atoms with Crippen molar-refractivity contribution in [3.05, 3.63) is 59.4 Å². The Morgan fingerprint density at radius 2 is 1.96 bits per heavy atom. The highest BCUT2D eigenvalue weighted by molar-refractivity contribution is 5.79. The molecule has 0 amide bonds. The maximum absolute atomic E-state index is 13.6. The molecule has 2 aromatic rings. The minimum atomic E-state index is -0.221. The SMILES string of the molecule is CN=C(NCCc1ccc2c(c1)OCO2)NCc1ccccc1F. The van der Waals surface area contributed by atoms with Gasteiger partial charge in [-0.15, -0.1) is 0 Å². The van der Waals surface area contributed by atoms with E-state index in [1.54, 1.807) is 19.2 Å². The number of guanidine groups is 1. The Bertz CT molecular complexity index is 734. The fourth-order valence-corrected chi connectivity index (χ4v) is 2.46. The zero-order valence-corrected chi connectivity index (χ0v) is 13.5. The molecule has 6 heteroatoms. The van der Waals surface area contributed by atoms with E-state index in [1.807, 2.05) is 24.3 Å². The van der Waals surface area contributed by atoms with Gasteiger partial charge < -0.3 is 20.1 Å². The summed E-state index contributed by atoms with van der Waals surface area (Å²) in [6.07, 6.45) is 0.817. The molecule has 0 bridgehead atoms. The third-order valence-corrected chi connectivity index (χ3v) is 3.77. The Hall–Kier alpha value is -2.76. The van der Waals surface area contributed by atoms with Crippen LogP contribution in [-0.4, -0.2) is 26.3 Å². The molecule has 1 aliphatic rings. The molecule has 0 unspecified atom stereocenters. The fraction of sp³-hybridized carbons (Fsp3) is 0.278. The largest absolute Gasteiger partial charge is 0.454 e. The van der Waals surface area contributed by atoms with Crippen molar-refractivity contribution >= 4 is 5.96 Å². The number of hydrogen-bond donors (Lipinski definition) is 2. The molecular formula is C18H20FN3O2. The quantitative estimate of drug-likeness (QED) is 0.654. The summed E-state index contributed by atoms with van der Waals surface area (Å²) >= 11 is 0. The Labute approximate surface area is 140 Å². The standard InChI is InChI=1S/C18H20FN3O2/c1-20-18(22-11-14-4-2-3-5-15(14)19)21-9-8-13-6-7-16-17(10-13)24-12-23-16/h2-7,10H,8-9,11-12H2,1H3,(H2,20,21,22). The van der Waals surface area contributed by atoms with Crippen molar-refractivity contribution in [2.75, 3.05) is 20.4 Å². The number of ether oxygens (including phenoxy) is 2. The van der Waals surface area contributed by atoms with E-state index >= 15 is 0 Å². The molecule has 0 saturated carbocycles. The molecule has 5 nitrogen and oxygen atoms in total. The highest BCUT2D eigenvalue weighted by atomic mass is 19.1. The molecule has 2 aromatic carbocycles. The van der Waals surface area contributed by atoms with Gasteiger partial charge in [-0.25, -0.2) is 4.39 Å². The van der Waals surface area contributed by atoms with Gasteiger partial charge in [0.15, 0.2) is 17.5 Å². The number of halogens is 1. The summed E-state index contributed by atoms with van der Waals surface area (Å²) in [5.74, 6) is 1.99. The molecule has 24 heavy (non-hydrogen) atoms. The van der Waals surface area contributed by atoms with Crippen LogP contribution in [0.25, 0.3) is 0 Å². The molecular weight excluding hydrogens is 309 g/mol. The van der Waals surface area contributed by atoms with Gasteiger partial charge in [-0.05, 0) is 30.2 Å². The van der Waals surface area contributed by atoms with Crippen molar-refractivity contribution in [3.8, 4) is 11.5 Å². The van der Waals surface area contributed by atoms with Crippen LogP contribution in [0.2, 0.25) is 0 Å². The lowest BCUT2D eigenvalue weighted by molar-refractivity contribution is 0.174. The van der Waals surface area contributed by atoms with Gasteiger partial charge in [0.25, 0.3) is 0 Å². The first-order chi connectivity index (χ1) is 11.8. The van der Waals surface area contributed by atoms with E-state index in [0.717, 1.165) is 23.5 Å². The van der Waals surface area contributed by atoms with E-state index in [4.69, 9.17) is 9.47 Å². The Morgan fingerprint density at radius 3 is 2.79 bits per heavy atom. The van der Waals surface area contributed by atoms with Gasteiger partial charge in [0.2, 0.25) is 6.79 Å². The van der Waals surface area contributed by atoms with Gasteiger partial charge >= 0.3 is 0 Å². The Morgan fingerprint density at radius 1 is 1.12 bits per heavy atom. The summed E-state index contributed by atoms with van der Waals surface area (Å²) < 4.78 is 24.3. The number of hydrogen-bond acceptors (Lipinski definition) is 3. The van der Waals surface area contributed by atoms with Crippen molar-refractivity contribution in [1.29, 1.82) is 0 Å². The van der Waals surface area contributed by atoms with Crippen molar-refractivity contribution < 1.29 is 13.9 Å². The van der Waals surface area contributed by atoms with Crippen LogP contribution in [-0.2, 0) is 13.0 Å². The van der Waals surface area contributed by atoms with Gasteiger partial charge in [0, 0.05) is 25.7 Å². The third-order valence-electron chi connectivity index (χ3n) is 3.77. The highest BCUT2D eigenvalue weighted by Crippen LogP contribution is 2.32. The van der Waals surface area contributed by atoms with Crippen molar-refractivity contribution in [3.63, 3.8) is 0 Å². The maximum Gasteiger partial charge on any atom is 0.231 e. The monoisotopic (exact) mass is 329 g/mol. The van der Waals surface area contributed by atoms with Crippen LogP contribution in [0.4, 0.5) is 4.39 Å². The Kier molecular flexibility index (Phi) is 5.15. The predicted octanol–water partition coefficient (Wildman–Crippen LogP) is 2.46. The van der Waals surface area contributed by atoms with Crippen LogP contribution in [0, 0.1) is 5.82 Å². The molecule has 3 rings (SSSR count). The van der Waals surface area contributed by atoms with Crippen LogP contribution in [0.3, 0.4) is 0 Å². The molecule has 0 aliphatic carbocycles. The number of rotatable bonds is 5. The van der Waals surface area contributed by atoms with Crippen molar-refractivity contribution in [2.45, 2.75) is 13.0 Å². The smallest absolute Gasteiger partial charge is 0.231 e. The van der Waals surface area contributed by atoms with E-state index in [1.165, 1.54) is 6.07 Å². The number of benzene rings is 2. The first-order valence-corrected chi connectivity index (χ1v) is 7.82. The second kappa shape index (κ2) is 7.68.